The minimum absolute atomic E-state index is 0.538. The summed E-state index contributed by atoms with van der Waals surface area (Å²) in [6, 6.07) is 11.0. The lowest BCUT2D eigenvalue weighted by Crippen LogP contribution is -2.39. The third kappa shape index (κ3) is 5.48. The van der Waals surface area contributed by atoms with E-state index in [0.717, 1.165) is 18.7 Å². The lowest BCUT2D eigenvalue weighted by atomic mass is 9.93. The van der Waals surface area contributed by atoms with Gasteiger partial charge in [0.2, 0.25) is 0 Å². The van der Waals surface area contributed by atoms with Crippen LogP contribution in [-0.2, 0) is 0 Å². The van der Waals surface area contributed by atoms with Crippen molar-refractivity contribution in [2.45, 2.75) is 52.1 Å². The minimum atomic E-state index is 0.538. The summed E-state index contributed by atoms with van der Waals surface area (Å²) in [6.07, 6.45) is 19.0. The van der Waals surface area contributed by atoms with Crippen LogP contribution < -0.4 is 4.74 Å². The van der Waals surface area contributed by atoms with Crippen LogP contribution in [0.5, 0.6) is 5.75 Å². The van der Waals surface area contributed by atoms with E-state index in [4.69, 9.17) is 4.74 Å². The highest BCUT2D eigenvalue weighted by Gasteiger charge is 2.36. The molecule has 3 rings (SSSR count). The van der Waals surface area contributed by atoms with Gasteiger partial charge in [0, 0.05) is 18.6 Å². The van der Waals surface area contributed by atoms with E-state index >= 15 is 0 Å². The zero-order valence-electron chi connectivity index (χ0n) is 18.0. The predicted molar refractivity (Wildman–Crippen MR) is 124 cm³/mol. The summed E-state index contributed by atoms with van der Waals surface area (Å²) in [6.45, 7) is 11.4. The molecule has 1 aromatic rings. The van der Waals surface area contributed by atoms with Crippen molar-refractivity contribution in [3.63, 3.8) is 0 Å². The van der Waals surface area contributed by atoms with Crippen LogP contribution in [0.1, 0.15) is 40.0 Å². The molecule has 0 saturated carbocycles. The summed E-state index contributed by atoms with van der Waals surface area (Å²) in [5.41, 5.74) is 4.13. The summed E-state index contributed by atoms with van der Waals surface area (Å²) in [7, 11) is 0. The number of benzene rings is 1. The van der Waals surface area contributed by atoms with Crippen molar-refractivity contribution in [1.29, 1.82) is 0 Å². The van der Waals surface area contributed by atoms with Gasteiger partial charge >= 0.3 is 0 Å². The molecule has 2 aliphatic rings. The first-order chi connectivity index (χ1) is 14.1. The number of nitrogens with zero attached hydrogens (tertiary/aromatic N) is 1. The van der Waals surface area contributed by atoms with E-state index in [2.05, 4.69) is 68.7 Å². The van der Waals surface area contributed by atoms with Crippen LogP contribution in [0.3, 0.4) is 0 Å². The highest BCUT2D eigenvalue weighted by molar-refractivity contribution is 5.44. The fourth-order valence-corrected chi connectivity index (χ4v) is 4.29. The van der Waals surface area contributed by atoms with E-state index in [1.807, 2.05) is 36.4 Å². The second-order valence-corrected chi connectivity index (χ2v) is 7.69. The van der Waals surface area contributed by atoms with E-state index in [0.29, 0.717) is 17.8 Å². The van der Waals surface area contributed by atoms with Crippen LogP contribution in [0.2, 0.25) is 0 Å². The number of fused-ring (bicyclic) bond motifs is 2. The fourth-order valence-electron chi connectivity index (χ4n) is 4.29. The topological polar surface area (TPSA) is 12.5 Å². The Morgan fingerprint density at radius 3 is 2.52 bits per heavy atom. The van der Waals surface area contributed by atoms with Crippen LogP contribution in [0.4, 0.5) is 0 Å². The van der Waals surface area contributed by atoms with E-state index in [-0.39, 0.29) is 0 Å². The Bertz CT molecular complexity index is 854. The van der Waals surface area contributed by atoms with Gasteiger partial charge in [0.25, 0.3) is 0 Å². The second-order valence-electron chi connectivity index (χ2n) is 7.69. The molecule has 29 heavy (non-hydrogen) atoms. The van der Waals surface area contributed by atoms with Crippen LogP contribution in [0, 0.1) is 0 Å². The Morgan fingerprint density at radius 2 is 1.86 bits per heavy atom. The van der Waals surface area contributed by atoms with Crippen LogP contribution in [0.25, 0.3) is 0 Å². The first-order valence-electron chi connectivity index (χ1n) is 10.7. The van der Waals surface area contributed by atoms with Crippen LogP contribution in [0.15, 0.2) is 102 Å². The number of hydrogen-bond donors (Lipinski definition) is 0. The van der Waals surface area contributed by atoms with Gasteiger partial charge in [-0.1, -0.05) is 61.2 Å². The summed E-state index contributed by atoms with van der Waals surface area (Å²) >= 11 is 0. The zero-order chi connectivity index (χ0) is 20.6. The van der Waals surface area contributed by atoms with Gasteiger partial charge in [-0.2, -0.15) is 0 Å². The molecule has 2 atom stereocenters. The molecule has 0 amide bonds. The van der Waals surface area contributed by atoms with Crippen LogP contribution >= 0.6 is 0 Å². The molecule has 2 heterocycles. The fraction of sp³-hybridized carbons (Fsp3) is 0.333. The highest BCUT2D eigenvalue weighted by Crippen LogP contribution is 2.38. The molecule has 0 aliphatic carbocycles. The van der Waals surface area contributed by atoms with Gasteiger partial charge < -0.3 is 4.74 Å². The molecule has 0 radical (unpaired) electrons. The molecule has 0 spiro atoms. The Morgan fingerprint density at radius 1 is 1.07 bits per heavy atom. The number of hydrogen-bond acceptors (Lipinski definition) is 2. The maximum absolute atomic E-state index is 5.80. The van der Waals surface area contributed by atoms with E-state index < -0.39 is 0 Å². The Labute approximate surface area is 176 Å². The second kappa shape index (κ2) is 10.3. The number of allylic oxidation sites excluding steroid dienone is 6. The minimum Gasteiger partial charge on any atom is -0.458 e. The number of rotatable bonds is 8. The average Bonchev–Trinajstić information content (AvgIpc) is 2.96. The monoisotopic (exact) mass is 387 g/mol. The third-order valence-corrected chi connectivity index (χ3v) is 5.78. The van der Waals surface area contributed by atoms with Crippen molar-refractivity contribution in [3.05, 3.63) is 102 Å². The van der Waals surface area contributed by atoms with Crippen LogP contribution in [-0.4, -0.2) is 23.5 Å². The summed E-state index contributed by atoms with van der Waals surface area (Å²) in [5, 5.41) is 0. The Kier molecular flexibility index (Phi) is 7.48. The largest absolute Gasteiger partial charge is 0.458 e. The predicted octanol–water partition coefficient (Wildman–Crippen LogP) is 6.77. The summed E-state index contributed by atoms with van der Waals surface area (Å²) in [4.78, 5) is 2.67. The van der Waals surface area contributed by atoms with Gasteiger partial charge in [-0.15, -0.1) is 0 Å². The number of ether oxygens (including phenoxy) is 1. The smallest absolute Gasteiger partial charge is 0.127 e. The standard InChI is InChI=1S/C27H33NO/c1-5-11-22(6-2)20-28-25-16-17-26(28)19-24(18-25)23(7-3)15-14-21(4)29-27-12-9-8-10-13-27/h5-15,18,25-26H,4,16-17,19-20H2,1-3H3. The number of para-hydroxylation sites is 1. The van der Waals surface area contributed by atoms with E-state index in [1.54, 1.807) is 0 Å². The first kappa shape index (κ1) is 21.1. The molecule has 2 bridgehead atoms. The van der Waals surface area contributed by atoms with Crippen molar-refractivity contribution in [3.8, 4) is 5.75 Å². The Balaban J connectivity index is 1.66. The van der Waals surface area contributed by atoms with Gasteiger partial charge in [-0.3, -0.25) is 4.90 Å². The third-order valence-electron chi connectivity index (χ3n) is 5.78. The SMILES string of the molecule is C=C(C=CC(=CC)C1=CC2CCC(C1)N2CC(C=CC)=CC)Oc1ccccc1. The summed E-state index contributed by atoms with van der Waals surface area (Å²) < 4.78 is 5.80. The summed E-state index contributed by atoms with van der Waals surface area (Å²) in [5.74, 6) is 1.47. The Hall–Kier alpha value is -2.58. The van der Waals surface area contributed by atoms with Gasteiger partial charge in [-0.25, -0.2) is 0 Å². The van der Waals surface area contributed by atoms with Crippen molar-refractivity contribution in [1.82, 2.24) is 4.90 Å². The first-order valence-corrected chi connectivity index (χ1v) is 10.7. The zero-order valence-corrected chi connectivity index (χ0v) is 18.0. The van der Waals surface area contributed by atoms with E-state index in [9.17, 15) is 0 Å². The lowest BCUT2D eigenvalue weighted by Gasteiger charge is -2.34. The molecule has 2 heteroatoms. The molecule has 1 saturated heterocycles. The molecule has 1 fully saturated rings. The van der Waals surface area contributed by atoms with Crippen molar-refractivity contribution in [2.75, 3.05) is 6.54 Å². The van der Waals surface area contributed by atoms with Crippen molar-refractivity contribution in [2.24, 2.45) is 0 Å². The molecule has 2 nitrogen and oxygen atoms in total. The molecular formula is C27H33NO. The van der Waals surface area contributed by atoms with E-state index in [1.165, 1.54) is 29.6 Å². The van der Waals surface area contributed by atoms with Gasteiger partial charge in [0.05, 0.1) is 0 Å². The highest BCUT2D eigenvalue weighted by atomic mass is 16.5. The molecule has 2 aliphatic heterocycles. The molecule has 1 aromatic carbocycles. The quantitative estimate of drug-likeness (QED) is 0.360. The van der Waals surface area contributed by atoms with Crippen molar-refractivity contribution < 1.29 is 4.74 Å². The van der Waals surface area contributed by atoms with Crippen molar-refractivity contribution >= 4 is 0 Å². The molecular weight excluding hydrogens is 354 g/mol. The molecule has 0 aromatic heterocycles. The molecule has 0 N–H and O–H groups in total. The maximum atomic E-state index is 5.80. The average molecular weight is 388 g/mol. The lowest BCUT2D eigenvalue weighted by molar-refractivity contribution is 0.225. The molecule has 2 unspecified atom stereocenters. The molecule has 152 valence electrons. The van der Waals surface area contributed by atoms with Gasteiger partial charge in [0.1, 0.15) is 11.5 Å². The maximum Gasteiger partial charge on any atom is 0.127 e. The van der Waals surface area contributed by atoms with Gasteiger partial charge in [-0.05, 0) is 75.0 Å². The normalized spacial score (nSPS) is 23.1. The van der Waals surface area contributed by atoms with Gasteiger partial charge in [0.15, 0.2) is 0 Å².